The molecule has 0 radical (unpaired) electrons. The van der Waals surface area contributed by atoms with Crippen LogP contribution in [0.4, 0.5) is 14.7 Å². The van der Waals surface area contributed by atoms with Gasteiger partial charge in [0.2, 0.25) is 11.9 Å². The van der Waals surface area contributed by atoms with Crippen LogP contribution in [-0.4, -0.2) is 28.3 Å². The van der Waals surface area contributed by atoms with Crippen molar-refractivity contribution in [1.82, 2.24) is 15.3 Å². The number of carbonyl (C=O) groups excluding carboxylic acids is 2. The van der Waals surface area contributed by atoms with E-state index in [4.69, 9.17) is 0 Å². The lowest BCUT2D eigenvalue weighted by Gasteiger charge is -2.08. The smallest absolute Gasteiger partial charge is 0.251 e. The quantitative estimate of drug-likeness (QED) is 0.876. The Kier molecular flexibility index (Phi) is 4.20. The van der Waals surface area contributed by atoms with Crippen LogP contribution >= 0.6 is 0 Å². The number of amides is 2. The average molecular weight is 332 g/mol. The molecule has 0 atom stereocenters. The van der Waals surface area contributed by atoms with E-state index in [1.54, 1.807) is 12.1 Å². The highest BCUT2D eigenvalue weighted by Crippen LogP contribution is 2.49. The van der Waals surface area contributed by atoms with Gasteiger partial charge in [0.1, 0.15) is 5.67 Å². The highest BCUT2D eigenvalue weighted by molar-refractivity contribution is 5.98. The van der Waals surface area contributed by atoms with Crippen molar-refractivity contribution in [3.8, 4) is 0 Å². The predicted molar refractivity (Wildman–Crippen MR) is 81.4 cm³/mol. The lowest BCUT2D eigenvalue weighted by molar-refractivity contribution is -0.115. The molecule has 0 saturated heterocycles. The Morgan fingerprint density at radius 1 is 1.12 bits per heavy atom. The van der Waals surface area contributed by atoms with Gasteiger partial charge < -0.3 is 5.32 Å². The molecular formula is C16H14F2N4O2. The van der Waals surface area contributed by atoms with Gasteiger partial charge in [-0.15, -0.1) is 0 Å². The topological polar surface area (TPSA) is 84.0 Å². The van der Waals surface area contributed by atoms with Crippen molar-refractivity contribution in [2.75, 3.05) is 11.9 Å². The molecule has 3 rings (SSSR count). The summed E-state index contributed by atoms with van der Waals surface area (Å²) in [6, 6.07) is 6.19. The van der Waals surface area contributed by atoms with Crippen molar-refractivity contribution in [1.29, 1.82) is 0 Å². The first-order chi connectivity index (χ1) is 11.5. The van der Waals surface area contributed by atoms with Crippen LogP contribution < -0.4 is 10.6 Å². The second-order valence-electron chi connectivity index (χ2n) is 5.50. The number of aromatic nitrogens is 2. The Balaban J connectivity index is 1.51. The molecule has 1 saturated carbocycles. The predicted octanol–water partition coefficient (Wildman–Crippen LogP) is 1.94. The molecule has 1 fully saturated rings. The van der Waals surface area contributed by atoms with E-state index >= 15 is 0 Å². The molecule has 1 aromatic heterocycles. The summed E-state index contributed by atoms with van der Waals surface area (Å²) in [5.74, 6) is -1.68. The number of alkyl halides is 1. The van der Waals surface area contributed by atoms with E-state index in [1.807, 2.05) is 0 Å². The zero-order valence-electron chi connectivity index (χ0n) is 12.6. The fourth-order valence-corrected chi connectivity index (χ4v) is 2.13. The van der Waals surface area contributed by atoms with Crippen molar-refractivity contribution >= 4 is 17.8 Å². The van der Waals surface area contributed by atoms with Crippen LogP contribution in [0.25, 0.3) is 0 Å². The first-order valence-electron chi connectivity index (χ1n) is 7.31. The van der Waals surface area contributed by atoms with Gasteiger partial charge in [-0.1, -0.05) is 12.1 Å². The zero-order chi connectivity index (χ0) is 17.2. The minimum absolute atomic E-state index is 0.0577. The van der Waals surface area contributed by atoms with Crippen molar-refractivity contribution in [3.63, 3.8) is 0 Å². The van der Waals surface area contributed by atoms with Gasteiger partial charge in [0.05, 0.1) is 18.9 Å². The van der Waals surface area contributed by atoms with Crippen LogP contribution in [0.2, 0.25) is 0 Å². The number of carbonyl (C=O) groups is 2. The Morgan fingerprint density at radius 3 is 2.33 bits per heavy atom. The number of hydrogen-bond acceptors (Lipinski definition) is 4. The lowest BCUT2D eigenvalue weighted by atomic mass is 10.1. The van der Waals surface area contributed by atoms with E-state index in [0.29, 0.717) is 24.0 Å². The second kappa shape index (κ2) is 6.31. The van der Waals surface area contributed by atoms with Gasteiger partial charge in [-0.2, -0.15) is 0 Å². The Hall–Kier alpha value is -2.90. The SMILES string of the molecule is O=C(CNC(=O)c1ccc(C2(F)CC2)cc1)Nc1ncc(F)cn1. The van der Waals surface area contributed by atoms with Crippen LogP contribution in [0.15, 0.2) is 36.7 Å². The number of nitrogens with one attached hydrogen (secondary N) is 2. The van der Waals surface area contributed by atoms with Gasteiger partial charge in [0, 0.05) is 5.56 Å². The van der Waals surface area contributed by atoms with E-state index in [1.165, 1.54) is 12.1 Å². The van der Waals surface area contributed by atoms with Crippen LogP contribution in [0, 0.1) is 5.82 Å². The minimum Gasteiger partial charge on any atom is -0.343 e. The van der Waals surface area contributed by atoms with Crippen molar-refractivity contribution in [3.05, 3.63) is 53.6 Å². The van der Waals surface area contributed by atoms with Crippen LogP contribution in [0.3, 0.4) is 0 Å². The summed E-state index contributed by atoms with van der Waals surface area (Å²) >= 11 is 0. The van der Waals surface area contributed by atoms with Gasteiger partial charge in [0.15, 0.2) is 5.82 Å². The summed E-state index contributed by atoms with van der Waals surface area (Å²) in [5, 5.41) is 4.75. The van der Waals surface area contributed by atoms with Gasteiger partial charge in [-0.3, -0.25) is 14.9 Å². The number of rotatable bonds is 5. The van der Waals surface area contributed by atoms with E-state index in [2.05, 4.69) is 20.6 Å². The minimum atomic E-state index is -1.25. The molecule has 0 bridgehead atoms. The molecule has 24 heavy (non-hydrogen) atoms. The molecule has 8 heteroatoms. The first kappa shape index (κ1) is 16.0. The van der Waals surface area contributed by atoms with Gasteiger partial charge in [-0.25, -0.2) is 18.7 Å². The van der Waals surface area contributed by atoms with E-state index in [0.717, 1.165) is 12.4 Å². The third-order valence-electron chi connectivity index (χ3n) is 3.63. The van der Waals surface area contributed by atoms with Gasteiger partial charge in [0.25, 0.3) is 5.91 Å². The highest BCUT2D eigenvalue weighted by atomic mass is 19.1. The maximum absolute atomic E-state index is 13.9. The summed E-state index contributed by atoms with van der Waals surface area (Å²) in [4.78, 5) is 30.8. The van der Waals surface area contributed by atoms with Gasteiger partial charge in [-0.05, 0) is 30.5 Å². The standard InChI is InChI=1S/C16H14F2N4O2/c17-12-7-20-15(21-8-12)22-13(23)9-19-14(24)10-1-3-11(4-2-10)16(18)5-6-16/h1-4,7-8H,5-6,9H2,(H,19,24)(H,20,21,22,23). The molecule has 1 aliphatic rings. The summed E-state index contributed by atoms with van der Waals surface area (Å²) in [5.41, 5.74) is -0.358. The maximum atomic E-state index is 13.9. The molecule has 1 aromatic carbocycles. The second-order valence-corrected chi connectivity index (χ2v) is 5.50. The number of anilines is 1. The summed E-state index contributed by atoms with van der Waals surface area (Å²) in [6.45, 7) is -0.297. The van der Waals surface area contributed by atoms with Gasteiger partial charge >= 0.3 is 0 Å². The number of halogens is 2. The van der Waals surface area contributed by atoms with E-state index in [-0.39, 0.29) is 12.5 Å². The first-order valence-corrected chi connectivity index (χ1v) is 7.31. The molecule has 1 aliphatic carbocycles. The zero-order valence-corrected chi connectivity index (χ0v) is 12.6. The van der Waals surface area contributed by atoms with Crippen molar-refractivity contribution in [2.24, 2.45) is 0 Å². The molecule has 0 aliphatic heterocycles. The Bertz CT molecular complexity index is 759. The normalized spacial score (nSPS) is 14.8. The third kappa shape index (κ3) is 3.70. The molecule has 2 amide bonds. The lowest BCUT2D eigenvalue weighted by Crippen LogP contribution is -2.33. The molecule has 0 spiro atoms. The van der Waals surface area contributed by atoms with Crippen LogP contribution in [0.5, 0.6) is 0 Å². The van der Waals surface area contributed by atoms with E-state index < -0.39 is 23.3 Å². The fourth-order valence-electron chi connectivity index (χ4n) is 2.13. The highest BCUT2D eigenvalue weighted by Gasteiger charge is 2.44. The molecule has 2 aromatic rings. The van der Waals surface area contributed by atoms with E-state index in [9.17, 15) is 18.4 Å². The summed E-state index contributed by atoms with van der Waals surface area (Å²) < 4.78 is 26.5. The largest absolute Gasteiger partial charge is 0.343 e. The fraction of sp³-hybridized carbons (Fsp3) is 0.250. The summed E-state index contributed by atoms with van der Waals surface area (Å²) in [7, 11) is 0. The monoisotopic (exact) mass is 332 g/mol. The Labute approximate surface area is 136 Å². The Morgan fingerprint density at radius 2 is 1.75 bits per heavy atom. The molecule has 2 N–H and O–H groups in total. The molecule has 0 unspecified atom stereocenters. The molecular weight excluding hydrogens is 318 g/mol. The molecule has 1 heterocycles. The van der Waals surface area contributed by atoms with Crippen molar-refractivity contribution in [2.45, 2.75) is 18.5 Å². The van der Waals surface area contributed by atoms with Crippen molar-refractivity contribution < 1.29 is 18.4 Å². The number of hydrogen-bond donors (Lipinski definition) is 2. The van der Waals surface area contributed by atoms with Crippen LogP contribution in [-0.2, 0) is 10.5 Å². The molecule has 124 valence electrons. The van der Waals surface area contributed by atoms with Crippen LogP contribution in [0.1, 0.15) is 28.8 Å². The number of nitrogens with zero attached hydrogens (tertiary/aromatic N) is 2. The summed E-state index contributed by atoms with van der Waals surface area (Å²) in [6.07, 6.45) is 2.84. The molecule has 6 nitrogen and oxygen atoms in total. The number of benzene rings is 1. The maximum Gasteiger partial charge on any atom is 0.251 e. The average Bonchev–Trinajstić information content (AvgIpc) is 3.34. The third-order valence-corrected chi connectivity index (χ3v) is 3.63.